The second-order valence-electron chi connectivity index (χ2n) is 9.67. The van der Waals surface area contributed by atoms with Crippen LogP contribution in [0, 0.1) is 10.1 Å². The van der Waals surface area contributed by atoms with Gasteiger partial charge < -0.3 is 9.80 Å². The molecular weight excluding hydrogens is 530 g/mol. The molecule has 0 radical (unpaired) electrons. The van der Waals surface area contributed by atoms with E-state index in [0.717, 1.165) is 9.99 Å². The predicted molar refractivity (Wildman–Crippen MR) is 153 cm³/mol. The SMILES string of the molecule is CN([C@@H](Cc1ccc([N+](=O)[O-])cc1)C(=O)N1CCN(c2ccccc2)CC1)S(=O)(=O)c1cccc2cnccc12. The fourth-order valence-corrected chi connectivity index (χ4v) is 6.55. The molecule has 1 aromatic heterocycles. The van der Waals surface area contributed by atoms with Gasteiger partial charge in [-0.15, -0.1) is 0 Å². The van der Waals surface area contributed by atoms with E-state index in [1.54, 1.807) is 41.4 Å². The van der Waals surface area contributed by atoms with Gasteiger partial charge in [-0.2, -0.15) is 4.31 Å². The molecule has 40 heavy (non-hydrogen) atoms. The zero-order valence-corrected chi connectivity index (χ0v) is 22.8. The van der Waals surface area contributed by atoms with Crippen molar-refractivity contribution in [3.8, 4) is 0 Å². The molecule has 0 bridgehead atoms. The minimum Gasteiger partial charge on any atom is -0.368 e. The summed E-state index contributed by atoms with van der Waals surface area (Å²) >= 11 is 0. The molecule has 4 aromatic rings. The molecule has 5 rings (SSSR count). The summed E-state index contributed by atoms with van der Waals surface area (Å²) < 4.78 is 29.1. The number of hydrogen-bond donors (Lipinski definition) is 0. The smallest absolute Gasteiger partial charge is 0.269 e. The zero-order valence-electron chi connectivity index (χ0n) is 22.0. The Morgan fingerprint density at radius 3 is 2.35 bits per heavy atom. The number of carbonyl (C=O) groups excluding carboxylic acids is 1. The first-order valence-electron chi connectivity index (χ1n) is 12.9. The van der Waals surface area contributed by atoms with E-state index < -0.39 is 21.0 Å². The van der Waals surface area contributed by atoms with E-state index in [1.807, 2.05) is 30.3 Å². The number of fused-ring (bicyclic) bond motifs is 1. The first-order valence-corrected chi connectivity index (χ1v) is 14.3. The van der Waals surface area contributed by atoms with Crippen LogP contribution in [0.1, 0.15) is 5.56 Å². The summed E-state index contributed by atoms with van der Waals surface area (Å²) in [5, 5.41) is 12.3. The number of nitro groups is 1. The van der Waals surface area contributed by atoms with Gasteiger partial charge >= 0.3 is 0 Å². The molecule has 1 fully saturated rings. The number of benzene rings is 3. The summed E-state index contributed by atoms with van der Waals surface area (Å²) in [6.45, 7) is 2.12. The second kappa shape index (κ2) is 11.4. The number of nitro benzene ring substituents is 1. The normalized spacial score (nSPS) is 14.8. The van der Waals surface area contributed by atoms with E-state index in [1.165, 1.54) is 31.4 Å². The molecule has 1 saturated heterocycles. The highest BCUT2D eigenvalue weighted by atomic mass is 32.2. The first-order chi connectivity index (χ1) is 19.3. The highest BCUT2D eigenvalue weighted by Crippen LogP contribution is 2.28. The van der Waals surface area contributed by atoms with E-state index >= 15 is 0 Å². The summed E-state index contributed by atoms with van der Waals surface area (Å²) in [6.07, 6.45) is 3.20. The van der Waals surface area contributed by atoms with E-state index in [0.29, 0.717) is 42.5 Å². The Kier molecular flexibility index (Phi) is 7.76. The minimum atomic E-state index is -4.10. The third-order valence-corrected chi connectivity index (χ3v) is 9.24. The number of pyridine rings is 1. The maximum Gasteiger partial charge on any atom is 0.269 e. The van der Waals surface area contributed by atoms with Crippen LogP contribution < -0.4 is 4.90 Å². The number of carbonyl (C=O) groups is 1. The first kappa shape index (κ1) is 27.2. The number of non-ortho nitro benzene ring substituents is 1. The average molecular weight is 560 g/mol. The molecule has 11 heteroatoms. The van der Waals surface area contributed by atoms with Gasteiger partial charge in [-0.05, 0) is 36.2 Å². The van der Waals surface area contributed by atoms with Crippen molar-refractivity contribution < 1.29 is 18.1 Å². The van der Waals surface area contributed by atoms with Crippen LogP contribution in [0.3, 0.4) is 0 Å². The van der Waals surface area contributed by atoms with E-state index in [9.17, 15) is 23.3 Å². The molecule has 10 nitrogen and oxygen atoms in total. The zero-order chi connectivity index (χ0) is 28.3. The number of nitrogens with zero attached hydrogens (tertiary/aromatic N) is 5. The summed E-state index contributed by atoms with van der Waals surface area (Å²) in [6, 6.07) is 21.4. The van der Waals surface area contributed by atoms with E-state index in [2.05, 4.69) is 9.88 Å². The van der Waals surface area contributed by atoms with Crippen molar-refractivity contribution >= 4 is 38.1 Å². The summed E-state index contributed by atoms with van der Waals surface area (Å²) in [5.41, 5.74) is 1.62. The molecule has 1 amide bonds. The summed E-state index contributed by atoms with van der Waals surface area (Å²) in [5.74, 6) is -0.306. The quantitative estimate of drug-likeness (QED) is 0.239. The Balaban J connectivity index is 1.45. The third kappa shape index (κ3) is 5.51. The topological polar surface area (TPSA) is 117 Å². The molecule has 0 aliphatic carbocycles. The van der Waals surface area contributed by atoms with Crippen LogP contribution in [-0.2, 0) is 21.2 Å². The molecule has 1 aliphatic heterocycles. The maximum atomic E-state index is 14.0. The van der Waals surface area contributed by atoms with Crippen molar-refractivity contribution in [1.29, 1.82) is 0 Å². The van der Waals surface area contributed by atoms with Crippen LogP contribution in [0.4, 0.5) is 11.4 Å². The number of anilines is 1. The van der Waals surface area contributed by atoms with Gasteiger partial charge in [0.25, 0.3) is 5.69 Å². The fraction of sp³-hybridized carbons (Fsp3) is 0.241. The van der Waals surface area contributed by atoms with Crippen LogP contribution in [0.2, 0.25) is 0 Å². The van der Waals surface area contributed by atoms with Crippen LogP contribution in [-0.4, -0.2) is 72.7 Å². The Morgan fingerprint density at radius 2 is 1.68 bits per heavy atom. The molecule has 3 aromatic carbocycles. The lowest BCUT2D eigenvalue weighted by molar-refractivity contribution is -0.384. The predicted octanol–water partition coefficient (Wildman–Crippen LogP) is 3.72. The van der Waals surface area contributed by atoms with Crippen molar-refractivity contribution in [2.45, 2.75) is 17.4 Å². The molecule has 0 N–H and O–H groups in total. The lowest BCUT2D eigenvalue weighted by atomic mass is 10.0. The molecule has 0 unspecified atom stereocenters. The summed E-state index contributed by atoms with van der Waals surface area (Å²) in [7, 11) is -2.68. The highest BCUT2D eigenvalue weighted by Gasteiger charge is 2.37. The second-order valence-corrected chi connectivity index (χ2v) is 11.6. The average Bonchev–Trinajstić information content (AvgIpc) is 2.99. The van der Waals surface area contributed by atoms with Gasteiger partial charge in [0.1, 0.15) is 6.04 Å². The Labute approximate surface area is 232 Å². The Hall–Kier alpha value is -4.35. The fourth-order valence-electron chi connectivity index (χ4n) is 5.02. The Bertz CT molecular complexity index is 1620. The van der Waals surface area contributed by atoms with Gasteiger partial charge in [0.15, 0.2) is 0 Å². The van der Waals surface area contributed by atoms with Crippen LogP contribution in [0.15, 0.2) is 96.2 Å². The molecule has 2 heterocycles. The van der Waals surface area contributed by atoms with Gasteiger partial charge in [-0.1, -0.05) is 42.5 Å². The number of rotatable bonds is 8. The lowest BCUT2D eigenvalue weighted by Crippen LogP contribution is -2.56. The number of hydrogen-bond acceptors (Lipinski definition) is 7. The molecule has 1 aliphatic rings. The van der Waals surface area contributed by atoms with E-state index in [4.69, 9.17) is 0 Å². The van der Waals surface area contributed by atoms with Gasteiger partial charge in [0.05, 0.1) is 9.82 Å². The number of aromatic nitrogens is 1. The highest BCUT2D eigenvalue weighted by molar-refractivity contribution is 7.89. The largest absolute Gasteiger partial charge is 0.368 e. The van der Waals surface area contributed by atoms with Gasteiger partial charge in [0, 0.05) is 74.2 Å². The van der Waals surface area contributed by atoms with Crippen LogP contribution >= 0.6 is 0 Å². The number of likely N-dealkylation sites (N-methyl/N-ethyl adjacent to an activating group) is 1. The van der Waals surface area contributed by atoms with Crippen molar-refractivity contribution in [2.75, 3.05) is 38.1 Å². The van der Waals surface area contributed by atoms with Crippen molar-refractivity contribution in [3.05, 3.63) is 107 Å². The van der Waals surface area contributed by atoms with Gasteiger partial charge in [0.2, 0.25) is 15.9 Å². The van der Waals surface area contributed by atoms with Crippen molar-refractivity contribution in [1.82, 2.24) is 14.2 Å². The number of piperazine rings is 1. The summed E-state index contributed by atoms with van der Waals surface area (Å²) in [4.78, 5) is 32.7. The van der Waals surface area contributed by atoms with Crippen molar-refractivity contribution in [2.24, 2.45) is 0 Å². The molecule has 1 atom stereocenters. The molecule has 0 saturated carbocycles. The molecule has 0 spiro atoms. The van der Waals surface area contributed by atoms with Crippen molar-refractivity contribution in [3.63, 3.8) is 0 Å². The van der Waals surface area contributed by atoms with Gasteiger partial charge in [-0.3, -0.25) is 19.9 Å². The number of para-hydroxylation sites is 1. The van der Waals surface area contributed by atoms with E-state index in [-0.39, 0.29) is 22.9 Å². The Morgan fingerprint density at radius 1 is 0.975 bits per heavy atom. The maximum absolute atomic E-state index is 14.0. The van der Waals surface area contributed by atoms with Crippen LogP contribution in [0.25, 0.3) is 10.8 Å². The lowest BCUT2D eigenvalue weighted by Gasteiger charge is -2.39. The number of sulfonamides is 1. The minimum absolute atomic E-state index is 0.0672. The monoisotopic (exact) mass is 559 g/mol. The van der Waals surface area contributed by atoms with Crippen LogP contribution in [0.5, 0.6) is 0 Å². The molecular formula is C29H29N5O5S. The standard InChI is InChI=1S/C29H29N5O5S/c1-31(40(38,39)28-9-5-6-23-21-30-15-14-26(23)28)27(20-22-10-12-25(13-11-22)34(36)37)29(35)33-18-16-32(17-19-33)24-7-3-2-4-8-24/h2-15,21,27H,16-20H2,1H3/t27-/m0/s1. The number of amides is 1. The third-order valence-electron chi connectivity index (χ3n) is 7.31. The van der Waals surface area contributed by atoms with Gasteiger partial charge in [-0.25, -0.2) is 8.42 Å². The molecule has 206 valence electrons.